The zero-order valence-corrected chi connectivity index (χ0v) is 23.3. The third-order valence-corrected chi connectivity index (χ3v) is 8.13. The zero-order valence-electron chi connectivity index (χ0n) is 22.5. The van der Waals surface area contributed by atoms with Crippen LogP contribution in [0, 0.1) is 17.2 Å². The first-order chi connectivity index (χ1) is 18.1. The quantitative estimate of drug-likeness (QED) is 0.349. The van der Waals surface area contributed by atoms with Gasteiger partial charge in [0.05, 0.1) is 22.4 Å². The lowest BCUT2D eigenvalue weighted by Gasteiger charge is -2.42. The van der Waals surface area contributed by atoms with Gasteiger partial charge in [-0.3, -0.25) is 9.59 Å². The molecular formula is C29H35ClF3N3O3. The minimum absolute atomic E-state index is 0.0468. The number of rotatable bonds is 7. The fourth-order valence-corrected chi connectivity index (χ4v) is 6.48. The van der Waals surface area contributed by atoms with Crippen molar-refractivity contribution in [1.82, 2.24) is 10.6 Å². The van der Waals surface area contributed by atoms with Crippen LogP contribution in [0.15, 0.2) is 48.3 Å². The number of fused-ring (bicyclic) bond motifs is 2. The summed E-state index contributed by atoms with van der Waals surface area (Å²) < 4.78 is 41.3. The molecule has 2 fully saturated rings. The summed E-state index contributed by atoms with van der Waals surface area (Å²) in [6.07, 6.45) is 4.86. The van der Waals surface area contributed by atoms with Gasteiger partial charge in [-0.15, -0.1) is 0 Å². The van der Waals surface area contributed by atoms with Crippen molar-refractivity contribution in [2.45, 2.75) is 76.1 Å². The molecule has 6 nitrogen and oxygen atoms in total. The Morgan fingerprint density at radius 2 is 2.00 bits per heavy atom. The van der Waals surface area contributed by atoms with Crippen LogP contribution in [0.3, 0.4) is 0 Å². The molecule has 2 aliphatic heterocycles. The lowest BCUT2D eigenvalue weighted by Crippen LogP contribution is -2.57. The first kappa shape index (κ1) is 29.4. The minimum atomic E-state index is -1.45. The van der Waals surface area contributed by atoms with E-state index < -0.39 is 59.2 Å². The molecule has 1 aromatic rings. The molecule has 1 saturated heterocycles. The fraction of sp³-hybridized carbons (Fsp3) is 0.517. The summed E-state index contributed by atoms with van der Waals surface area (Å²) in [5.41, 5.74) is -2.01. The van der Waals surface area contributed by atoms with Gasteiger partial charge in [0, 0.05) is 18.0 Å². The van der Waals surface area contributed by atoms with Crippen LogP contribution in [0.2, 0.25) is 5.02 Å². The highest BCUT2D eigenvalue weighted by Gasteiger charge is 2.66. The second-order valence-electron chi connectivity index (χ2n) is 12.3. The molecule has 212 valence electrons. The van der Waals surface area contributed by atoms with Gasteiger partial charge < -0.3 is 21.1 Å². The number of anilines is 1. The summed E-state index contributed by atoms with van der Waals surface area (Å²) in [6.45, 7) is 10.5. The Labute approximate surface area is 231 Å². The third kappa shape index (κ3) is 5.41. The first-order valence-electron chi connectivity index (χ1n) is 13.0. The molecule has 2 amide bonds. The molecule has 0 bridgehead atoms. The van der Waals surface area contributed by atoms with Gasteiger partial charge in [-0.2, -0.15) is 0 Å². The van der Waals surface area contributed by atoms with E-state index in [1.807, 2.05) is 20.8 Å². The fourth-order valence-electron chi connectivity index (χ4n) is 6.32. The monoisotopic (exact) mass is 565 g/mol. The maximum Gasteiger partial charge on any atom is 0.238 e. The molecule has 0 radical (unpaired) electrons. The molecule has 1 saturated carbocycles. The van der Waals surface area contributed by atoms with Gasteiger partial charge >= 0.3 is 0 Å². The van der Waals surface area contributed by atoms with Gasteiger partial charge in [0.15, 0.2) is 5.82 Å². The van der Waals surface area contributed by atoms with Crippen LogP contribution in [0.25, 0.3) is 0 Å². The van der Waals surface area contributed by atoms with Crippen molar-refractivity contribution in [1.29, 1.82) is 0 Å². The van der Waals surface area contributed by atoms with Crippen LogP contribution < -0.4 is 16.0 Å². The Morgan fingerprint density at radius 1 is 1.33 bits per heavy atom. The average molecular weight is 566 g/mol. The number of aliphatic hydroxyl groups is 1. The summed E-state index contributed by atoms with van der Waals surface area (Å²) in [7, 11) is 0. The van der Waals surface area contributed by atoms with E-state index in [4.69, 9.17) is 11.6 Å². The van der Waals surface area contributed by atoms with Crippen LogP contribution in [-0.2, 0) is 15.0 Å². The number of amides is 2. The molecule has 1 aromatic carbocycles. The average Bonchev–Trinajstić information content (AvgIpc) is 3.30. The van der Waals surface area contributed by atoms with E-state index in [1.54, 1.807) is 13.0 Å². The Bertz CT molecular complexity index is 1250. The number of carbonyl (C=O) groups is 2. The van der Waals surface area contributed by atoms with Crippen molar-refractivity contribution < 1.29 is 27.9 Å². The molecule has 39 heavy (non-hydrogen) atoms. The predicted molar refractivity (Wildman–Crippen MR) is 145 cm³/mol. The maximum absolute atomic E-state index is 15.2. The minimum Gasteiger partial charge on any atom is -0.390 e. The highest BCUT2D eigenvalue weighted by atomic mass is 35.5. The number of hydrogen-bond acceptors (Lipinski definition) is 4. The van der Waals surface area contributed by atoms with Crippen molar-refractivity contribution in [2.75, 3.05) is 12.0 Å². The summed E-state index contributed by atoms with van der Waals surface area (Å²) in [6, 6.07) is 1.13. The number of benzene rings is 1. The number of nitrogens with one attached hydrogen (secondary N) is 3. The molecule has 2 heterocycles. The molecule has 4 rings (SSSR count). The molecule has 0 aromatic heterocycles. The maximum atomic E-state index is 15.2. The van der Waals surface area contributed by atoms with E-state index in [1.165, 1.54) is 18.2 Å². The molecule has 4 atom stereocenters. The van der Waals surface area contributed by atoms with E-state index in [9.17, 15) is 23.5 Å². The third-order valence-electron chi connectivity index (χ3n) is 7.84. The van der Waals surface area contributed by atoms with E-state index in [2.05, 4.69) is 22.5 Å². The Kier molecular flexibility index (Phi) is 7.84. The summed E-state index contributed by atoms with van der Waals surface area (Å²) in [5, 5.41) is 19.0. The number of alkyl halides is 1. The molecule has 4 N–H and O–H groups in total. The Balaban J connectivity index is 1.85. The number of carbonyl (C=O) groups excluding carboxylic acids is 2. The number of halogens is 4. The Hall–Kier alpha value is -2.62. The van der Waals surface area contributed by atoms with Crippen molar-refractivity contribution in [3.63, 3.8) is 0 Å². The summed E-state index contributed by atoms with van der Waals surface area (Å²) in [5.74, 6) is -3.58. The van der Waals surface area contributed by atoms with Gasteiger partial charge in [0.2, 0.25) is 11.8 Å². The van der Waals surface area contributed by atoms with Crippen molar-refractivity contribution in [3.05, 3.63) is 64.7 Å². The largest absolute Gasteiger partial charge is 0.390 e. The standard InChI is InChI=1S/C29H35ClF3N3O3/c1-15(7-6-8-16(32)14-31)21-24(25(37)34-17-11-28(5,39)12-17)35-20(13-27(2,3)4)29(21)18-9-10-19(30)22(33)23(18)36-26(29)38/h6-10,17,20-21,24,35,39H,1,11-14H2,2-5H3,(H,34,37)(H,36,38)/b7-6-,16-8+/t17?,20-,21+,24-,28?,29+/m1/s1. The molecule has 0 unspecified atom stereocenters. The summed E-state index contributed by atoms with van der Waals surface area (Å²) >= 11 is 6.04. The van der Waals surface area contributed by atoms with Gasteiger partial charge in [0.1, 0.15) is 17.9 Å². The van der Waals surface area contributed by atoms with Crippen LogP contribution >= 0.6 is 11.6 Å². The van der Waals surface area contributed by atoms with E-state index in [0.29, 0.717) is 30.4 Å². The second-order valence-corrected chi connectivity index (χ2v) is 12.7. The lowest BCUT2D eigenvalue weighted by molar-refractivity contribution is -0.127. The molecule has 1 spiro atoms. The van der Waals surface area contributed by atoms with Crippen LogP contribution in [-0.4, -0.2) is 47.3 Å². The normalized spacial score (nSPS) is 32.3. The Morgan fingerprint density at radius 3 is 2.59 bits per heavy atom. The second kappa shape index (κ2) is 10.4. The van der Waals surface area contributed by atoms with Gasteiger partial charge in [-0.1, -0.05) is 57.2 Å². The van der Waals surface area contributed by atoms with Crippen molar-refractivity contribution in [2.24, 2.45) is 11.3 Å². The highest BCUT2D eigenvalue weighted by molar-refractivity contribution is 6.31. The number of allylic oxidation sites excluding steroid dienone is 4. The topological polar surface area (TPSA) is 90.5 Å². The van der Waals surface area contributed by atoms with Crippen LogP contribution in [0.1, 0.15) is 52.5 Å². The SMILES string of the molecule is C=C(/C=C\C=C(\F)CF)[C@H]1[C@H](C(=O)NC2CC(C)(O)C2)N[C@H](CC(C)(C)C)[C@]12C(=O)Nc1c2ccc(Cl)c1F. The summed E-state index contributed by atoms with van der Waals surface area (Å²) in [4.78, 5) is 27.7. The van der Waals surface area contributed by atoms with Crippen LogP contribution in [0.5, 0.6) is 0 Å². The van der Waals surface area contributed by atoms with Crippen LogP contribution in [0.4, 0.5) is 18.9 Å². The van der Waals surface area contributed by atoms with Crippen molar-refractivity contribution >= 4 is 29.1 Å². The van der Waals surface area contributed by atoms with E-state index in [0.717, 1.165) is 6.08 Å². The highest BCUT2D eigenvalue weighted by Crippen LogP contribution is 2.55. The molecular weight excluding hydrogens is 531 g/mol. The van der Waals surface area contributed by atoms with Gasteiger partial charge in [-0.05, 0) is 54.9 Å². The van der Waals surface area contributed by atoms with Crippen molar-refractivity contribution in [3.8, 4) is 0 Å². The van der Waals surface area contributed by atoms with E-state index in [-0.39, 0.29) is 22.2 Å². The molecule has 10 heteroatoms. The van der Waals surface area contributed by atoms with E-state index >= 15 is 4.39 Å². The smallest absolute Gasteiger partial charge is 0.238 e. The predicted octanol–water partition coefficient (Wildman–Crippen LogP) is 5.03. The van der Waals surface area contributed by atoms with Gasteiger partial charge in [-0.25, -0.2) is 13.2 Å². The first-order valence-corrected chi connectivity index (χ1v) is 13.3. The molecule has 1 aliphatic carbocycles. The molecule has 3 aliphatic rings. The zero-order chi connectivity index (χ0) is 28.9. The lowest BCUT2D eigenvalue weighted by atomic mass is 9.62. The van der Waals surface area contributed by atoms with Gasteiger partial charge in [0.25, 0.3) is 0 Å². The number of hydrogen-bond donors (Lipinski definition) is 4.